The third-order valence-electron chi connectivity index (χ3n) is 2.35. The van der Waals surface area contributed by atoms with Crippen molar-refractivity contribution in [2.45, 2.75) is 25.3 Å². The van der Waals surface area contributed by atoms with Crippen LogP contribution in [0.2, 0.25) is 0 Å². The fourth-order valence-corrected chi connectivity index (χ4v) is 2.84. The molecular formula is C9H12N2OS. The average molecular weight is 196 g/mol. The van der Waals surface area contributed by atoms with Crippen molar-refractivity contribution in [1.82, 2.24) is 5.32 Å². The van der Waals surface area contributed by atoms with Crippen LogP contribution in [0.5, 0.6) is 0 Å². The van der Waals surface area contributed by atoms with Crippen LogP contribution in [0.3, 0.4) is 0 Å². The zero-order valence-electron chi connectivity index (χ0n) is 7.25. The number of nitrogens with two attached hydrogens (primary N) is 1. The fourth-order valence-electron chi connectivity index (χ4n) is 1.80. The number of nitrogens with one attached hydrogen (secondary N) is 1. The van der Waals surface area contributed by atoms with Gasteiger partial charge in [0.25, 0.3) is 0 Å². The molecule has 1 atom stereocenters. The summed E-state index contributed by atoms with van der Waals surface area (Å²) in [5, 5.41) is 4.85. The van der Waals surface area contributed by atoms with Gasteiger partial charge in [-0.3, -0.25) is 0 Å². The summed E-state index contributed by atoms with van der Waals surface area (Å²) >= 11 is 1.71. The molecule has 0 unspecified atom stereocenters. The number of urea groups is 1. The Balaban J connectivity index is 2.20. The molecule has 13 heavy (non-hydrogen) atoms. The van der Waals surface area contributed by atoms with E-state index in [0.29, 0.717) is 0 Å². The standard InChI is InChI=1S/C9H12N2OS/c10-9(12)11-7-3-1-2-6-4-5-13-8(6)7/h4-5,7H,1-3H2,(H3,10,11,12)/t7-/m0/s1. The Bertz CT molecular complexity index is 321. The van der Waals surface area contributed by atoms with Crippen molar-refractivity contribution in [3.63, 3.8) is 0 Å². The van der Waals surface area contributed by atoms with Gasteiger partial charge >= 0.3 is 6.03 Å². The molecule has 1 heterocycles. The average Bonchev–Trinajstić information content (AvgIpc) is 2.51. The number of hydrogen-bond acceptors (Lipinski definition) is 2. The number of primary amides is 1. The summed E-state index contributed by atoms with van der Waals surface area (Å²) in [5.74, 6) is 0. The summed E-state index contributed by atoms with van der Waals surface area (Å²) in [6.45, 7) is 0. The molecule has 0 radical (unpaired) electrons. The van der Waals surface area contributed by atoms with Crippen LogP contribution in [0.15, 0.2) is 11.4 Å². The maximum Gasteiger partial charge on any atom is 0.312 e. The minimum atomic E-state index is -0.425. The lowest BCUT2D eigenvalue weighted by Gasteiger charge is -2.22. The van der Waals surface area contributed by atoms with Gasteiger partial charge in [-0.05, 0) is 36.3 Å². The van der Waals surface area contributed by atoms with E-state index in [-0.39, 0.29) is 6.04 Å². The molecule has 0 aliphatic heterocycles. The highest BCUT2D eigenvalue weighted by Crippen LogP contribution is 2.33. The molecule has 2 rings (SSSR count). The monoisotopic (exact) mass is 196 g/mol. The van der Waals surface area contributed by atoms with Crippen molar-refractivity contribution >= 4 is 17.4 Å². The summed E-state index contributed by atoms with van der Waals surface area (Å²) in [4.78, 5) is 12.0. The minimum Gasteiger partial charge on any atom is -0.352 e. The van der Waals surface area contributed by atoms with Crippen molar-refractivity contribution in [1.29, 1.82) is 0 Å². The summed E-state index contributed by atoms with van der Waals surface area (Å²) in [6, 6.07) is 1.86. The molecule has 0 aromatic carbocycles. The number of amides is 2. The molecule has 70 valence electrons. The van der Waals surface area contributed by atoms with E-state index < -0.39 is 6.03 Å². The van der Waals surface area contributed by atoms with Gasteiger partial charge < -0.3 is 11.1 Å². The Labute approximate surface area is 80.9 Å². The summed E-state index contributed by atoms with van der Waals surface area (Å²) in [7, 11) is 0. The van der Waals surface area contributed by atoms with Crippen LogP contribution in [0.4, 0.5) is 4.79 Å². The van der Waals surface area contributed by atoms with E-state index in [1.54, 1.807) is 11.3 Å². The SMILES string of the molecule is NC(=O)N[C@H]1CCCc2ccsc21. The normalized spacial score (nSPS) is 20.8. The Hall–Kier alpha value is -1.03. The van der Waals surface area contributed by atoms with Crippen LogP contribution < -0.4 is 11.1 Å². The van der Waals surface area contributed by atoms with Crippen LogP contribution in [-0.4, -0.2) is 6.03 Å². The Morgan fingerprint density at radius 2 is 2.54 bits per heavy atom. The predicted octanol–water partition coefficient (Wildman–Crippen LogP) is 1.79. The smallest absolute Gasteiger partial charge is 0.312 e. The van der Waals surface area contributed by atoms with Gasteiger partial charge in [0, 0.05) is 4.88 Å². The van der Waals surface area contributed by atoms with Gasteiger partial charge in [-0.15, -0.1) is 11.3 Å². The van der Waals surface area contributed by atoms with Crippen LogP contribution in [-0.2, 0) is 6.42 Å². The topological polar surface area (TPSA) is 55.1 Å². The lowest BCUT2D eigenvalue weighted by Crippen LogP contribution is -2.34. The van der Waals surface area contributed by atoms with E-state index in [9.17, 15) is 4.79 Å². The lowest BCUT2D eigenvalue weighted by atomic mass is 9.95. The van der Waals surface area contributed by atoms with E-state index >= 15 is 0 Å². The summed E-state index contributed by atoms with van der Waals surface area (Å²) < 4.78 is 0. The first kappa shape index (κ1) is 8.56. The lowest BCUT2D eigenvalue weighted by molar-refractivity contribution is 0.244. The molecular weight excluding hydrogens is 184 g/mol. The highest BCUT2D eigenvalue weighted by Gasteiger charge is 2.21. The molecule has 0 saturated carbocycles. The van der Waals surface area contributed by atoms with Gasteiger partial charge in [0.1, 0.15) is 0 Å². The van der Waals surface area contributed by atoms with E-state index in [2.05, 4.69) is 16.8 Å². The van der Waals surface area contributed by atoms with Crippen molar-refractivity contribution in [3.05, 3.63) is 21.9 Å². The third-order valence-corrected chi connectivity index (χ3v) is 3.43. The van der Waals surface area contributed by atoms with E-state index in [4.69, 9.17) is 5.73 Å². The van der Waals surface area contributed by atoms with Gasteiger partial charge in [-0.2, -0.15) is 0 Å². The molecule has 2 amide bonds. The number of thiophene rings is 1. The van der Waals surface area contributed by atoms with Gasteiger partial charge in [0.15, 0.2) is 0 Å². The third kappa shape index (κ3) is 1.67. The Kier molecular flexibility index (Phi) is 2.22. The zero-order chi connectivity index (χ0) is 9.26. The molecule has 4 heteroatoms. The second-order valence-corrected chi connectivity index (χ2v) is 4.21. The maximum absolute atomic E-state index is 10.7. The van der Waals surface area contributed by atoms with Crippen molar-refractivity contribution in [2.75, 3.05) is 0 Å². The molecule has 0 saturated heterocycles. The van der Waals surface area contributed by atoms with Crippen molar-refractivity contribution < 1.29 is 4.79 Å². The number of fused-ring (bicyclic) bond motifs is 1. The number of carbonyl (C=O) groups is 1. The van der Waals surface area contributed by atoms with Crippen molar-refractivity contribution in [2.24, 2.45) is 5.73 Å². The molecule has 0 bridgehead atoms. The number of carbonyl (C=O) groups excluding carboxylic acids is 1. The molecule has 1 aliphatic carbocycles. The molecule has 0 spiro atoms. The second-order valence-electron chi connectivity index (χ2n) is 3.26. The van der Waals surface area contributed by atoms with Crippen LogP contribution in [0.1, 0.15) is 29.3 Å². The Morgan fingerprint density at radius 1 is 1.69 bits per heavy atom. The molecule has 1 aliphatic rings. The fraction of sp³-hybridized carbons (Fsp3) is 0.444. The molecule has 1 aromatic heterocycles. The van der Waals surface area contributed by atoms with Crippen molar-refractivity contribution in [3.8, 4) is 0 Å². The maximum atomic E-state index is 10.7. The van der Waals surface area contributed by atoms with Crippen LogP contribution >= 0.6 is 11.3 Å². The highest BCUT2D eigenvalue weighted by molar-refractivity contribution is 7.10. The van der Waals surface area contributed by atoms with Gasteiger partial charge in [0.05, 0.1) is 6.04 Å². The van der Waals surface area contributed by atoms with Gasteiger partial charge in [-0.25, -0.2) is 4.79 Å². The van der Waals surface area contributed by atoms with Crippen LogP contribution in [0, 0.1) is 0 Å². The first-order chi connectivity index (χ1) is 6.27. The predicted molar refractivity (Wildman–Crippen MR) is 52.7 cm³/mol. The number of hydrogen-bond donors (Lipinski definition) is 2. The summed E-state index contributed by atoms with van der Waals surface area (Å²) in [5.41, 5.74) is 6.47. The molecule has 0 fully saturated rings. The highest BCUT2D eigenvalue weighted by atomic mass is 32.1. The minimum absolute atomic E-state index is 0.154. The van der Waals surface area contributed by atoms with Gasteiger partial charge in [0.2, 0.25) is 0 Å². The number of rotatable bonds is 1. The van der Waals surface area contributed by atoms with E-state index in [0.717, 1.165) is 19.3 Å². The quantitative estimate of drug-likeness (QED) is 0.707. The molecule has 3 N–H and O–H groups in total. The molecule has 3 nitrogen and oxygen atoms in total. The summed E-state index contributed by atoms with van der Waals surface area (Å²) in [6.07, 6.45) is 3.28. The van der Waals surface area contributed by atoms with Crippen LogP contribution in [0.25, 0.3) is 0 Å². The number of aryl methyl sites for hydroxylation is 1. The van der Waals surface area contributed by atoms with E-state index in [1.807, 2.05) is 0 Å². The second kappa shape index (κ2) is 3.38. The zero-order valence-corrected chi connectivity index (χ0v) is 8.06. The molecule has 1 aromatic rings. The first-order valence-corrected chi connectivity index (χ1v) is 5.27. The Morgan fingerprint density at radius 3 is 3.31 bits per heavy atom. The first-order valence-electron chi connectivity index (χ1n) is 4.39. The largest absolute Gasteiger partial charge is 0.352 e. The van der Waals surface area contributed by atoms with Gasteiger partial charge in [-0.1, -0.05) is 0 Å². The van der Waals surface area contributed by atoms with E-state index in [1.165, 1.54) is 10.4 Å².